The standard InChI is InChI=1S/C24H18BrF3N4O4S/c1-14-5-8-18(9-6-14)37(35,36)32(17-4-2-3-15(11-17)24(26,27)28)13-21(33)30-31-22-19-12-16(25)7-10-20(19)29-23(22)34/h2-12,29,34H,13H2,1H3. The zero-order valence-corrected chi connectivity index (χ0v) is 21.4. The number of aromatic nitrogens is 1. The molecule has 0 saturated carbocycles. The normalized spacial score (nSPS) is 12.4. The minimum atomic E-state index is -4.74. The van der Waals surface area contributed by atoms with Crippen LogP contribution in [0, 0.1) is 6.92 Å². The molecule has 0 aliphatic heterocycles. The lowest BCUT2D eigenvalue weighted by atomic mass is 10.2. The highest BCUT2D eigenvalue weighted by molar-refractivity contribution is 9.10. The van der Waals surface area contributed by atoms with E-state index >= 15 is 0 Å². The Morgan fingerprint density at radius 3 is 2.46 bits per heavy atom. The van der Waals surface area contributed by atoms with Gasteiger partial charge in [-0.3, -0.25) is 9.10 Å². The molecule has 0 unspecified atom stereocenters. The van der Waals surface area contributed by atoms with Crippen LogP contribution in [-0.2, 0) is 21.0 Å². The first-order valence-corrected chi connectivity index (χ1v) is 12.8. The molecule has 8 nitrogen and oxygen atoms in total. The third-order valence-electron chi connectivity index (χ3n) is 5.32. The molecule has 0 aliphatic carbocycles. The van der Waals surface area contributed by atoms with Crippen LogP contribution >= 0.6 is 15.9 Å². The summed E-state index contributed by atoms with van der Waals surface area (Å²) in [5.41, 5.74) is -0.249. The number of H-pyrrole nitrogens is 1. The molecule has 4 aromatic rings. The first-order chi connectivity index (χ1) is 17.4. The molecular weight excluding hydrogens is 577 g/mol. The summed E-state index contributed by atoms with van der Waals surface area (Å²) in [5.74, 6) is -1.44. The second-order valence-corrected chi connectivity index (χ2v) is 10.8. The van der Waals surface area contributed by atoms with Gasteiger partial charge in [0.1, 0.15) is 6.54 Å². The zero-order chi connectivity index (χ0) is 27.0. The van der Waals surface area contributed by atoms with E-state index in [-0.39, 0.29) is 22.2 Å². The van der Waals surface area contributed by atoms with Gasteiger partial charge in [-0.2, -0.15) is 13.2 Å². The maximum absolute atomic E-state index is 13.4. The number of benzene rings is 3. The number of alkyl halides is 3. The van der Waals surface area contributed by atoms with Crippen molar-refractivity contribution in [2.24, 2.45) is 10.2 Å². The Kier molecular flexibility index (Phi) is 7.11. The van der Waals surface area contributed by atoms with Gasteiger partial charge >= 0.3 is 6.18 Å². The molecule has 1 aromatic heterocycles. The Balaban J connectivity index is 1.72. The van der Waals surface area contributed by atoms with E-state index in [0.29, 0.717) is 25.7 Å². The molecule has 192 valence electrons. The summed E-state index contributed by atoms with van der Waals surface area (Å²) in [4.78, 5) is 15.2. The Morgan fingerprint density at radius 2 is 1.78 bits per heavy atom. The number of azo groups is 1. The average molecular weight is 595 g/mol. The lowest BCUT2D eigenvalue weighted by Gasteiger charge is -2.24. The fourth-order valence-electron chi connectivity index (χ4n) is 3.49. The van der Waals surface area contributed by atoms with Crippen molar-refractivity contribution in [2.75, 3.05) is 10.8 Å². The highest BCUT2D eigenvalue weighted by Gasteiger charge is 2.33. The average Bonchev–Trinajstić information content (AvgIpc) is 3.15. The van der Waals surface area contributed by atoms with E-state index in [1.807, 2.05) is 0 Å². The number of aromatic amines is 1. The minimum absolute atomic E-state index is 0.0586. The lowest BCUT2D eigenvalue weighted by molar-refractivity contribution is -0.137. The monoisotopic (exact) mass is 594 g/mol. The molecule has 0 spiro atoms. The predicted molar refractivity (Wildman–Crippen MR) is 134 cm³/mol. The number of nitrogens with zero attached hydrogens (tertiary/aromatic N) is 3. The fourth-order valence-corrected chi connectivity index (χ4v) is 5.25. The van der Waals surface area contributed by atoms with Crippen LogP contribution in [0.3, 0.4) is 0 Å². The van der Waals surface area contributed by atoms with Crippen molar-refractivity contribution < 1.29 is 31.5 Å². The Morgan fingerprint density at radius 1 is 1.08 bits per heavy atom. The Labute approximate surface area is 217 Å². The molecule has 0 aliphatic rings. The molecule has 2 N–H and O–H groups in total. The van der Waals surface area contributed by atoms with Crippen LogP contribution in [0.25, 0.3) is 10.9 Å². The maximum atomic E-state index is 13.4. The van der Waals surface area contributed by atoms with E-state index in [9.17, 15) is 31.5 Å². The second-order valence-electron chi connectivity index (χ2n) is 7.98. The van der Waals surface area contributed by atoms with Gasteiger partial charge in [0.15, 0.2) is 5.69 Å². The predicted octanol–water partition coefficient (Wildman–Crippen LogP) is 6.47. The van der Waals surface area contributed by atoms with Crippen LogP contribution in [0.1, 0.15) is 11.1 Å². The summed E-state index contributed by atoms with van der Waals surface area (Å²) in [6.45, 7) is 0.803. The van der Waals surface area contributed by atoms with Crippen molar-refractivity contribution in [1.29, 1.82) is 0 Å². The van der Waals surface area contributed by atoms with E-state index < -0.39 is 34.2 Å². The van der Waals surface area contributed by atoms with Crippen LogP contribution in [0.2, 0.25) is 0 Å². The molecule has 0 atom stereocenters. The van der Waals surface area contributed by atoms with Crippen molar-refractivity contribution in [3.8, 4) is 5.88 Å². The molecule has 0 saturated heterocycles. The fraction of sp³-hybridized carbons (Fsp3) is 0.125. The van der Waals surface area contributed by atoms with Gasteiger partial charge in [0.2, 0.25) is 5.88 Å². The summed E-state index contributed by atoms with van der Waals surface area (Å²) < 4.78 is 68.0. The highest BCUT2D eigenvalue weighted by atomic mass is 79.9. The number of carbonyl (C=O) groups is 1. The second kappa shape index (κ2) is 9.98. The van der Waals surface area contributed by atoms with Gasteiger partial charge in [0.25, 0.3) is 15.9 Å². The SMILES string of the molecule is Cc1ccc(S(=O)(=O)N(CC(=O)N=Nc2c(O)[nH]c3ccc(Br)cc23)c2cccc(C(F)(F)F)c2)cc1. The maximum Gasteiger partial charge on any atom is 0.416 e. The van der Waals surface area contributed by atoms with Gasteiger partial charge in [0, 0.05) is 9.86 Å². The number of fused-ring (bicyclic) bond motifs is 1. The third kappa shape index (κ3) is 5.67. The largest absolute Gasteiger partial charge is 0.493 e. The van der Waals surface area contributed by atoms with Crippen LogP contribution in [0.15, 0.2) is 86.3 Å². The lowest BCUT2D eigenvalue weighted by Crippen LogP contribution is -2.35. The molecule has 0 radical (unpaired) electrons. The molecule has 3 aromatic carbocycles. The van der Waals surface area contributed by atoms with E-state index in [4.69, 9.17) is 0 Å². The number of sulfonamides is 1. The van der Waals surface area contributed by atoms with Crippen molar-refractivity contribution >= 4 is 54.1 Å². The number of hydrogen-bond donors (Lipinski definition) is 2. The van der Waals surface area contributed by atoms with E-state index in [2.05, 4.69) is 31.1 Å². The van der Waals surface area contributed by atoms with Crippen molar-refractivity contribution in [1.82, 2.24) is 4.98 Å². The topological polar surface area (TPSA) is 115 Å². The molecule has 1 amide bonds. The number of hydrogen-bond acceptors (Lipinski definition) is 5. The molecule has 0 fully saturated rings. The van der Waals surface area contributed by atoms with Crippen LogP contribution < -0.4 is 4.31 Å². The van der Waals surface area contributed by atoms with E-state index in [0.717, 1.165) is 23.8 Å². The first-order valence-electron chi connectivity index (χ1n) is 10.6. The summed E-state index contributed by atoms with van der Waals surface area (Å²) in [6, 6.07) is 14.3. The third-order valence-corrected chi connectivity index (χ3v) is 7.61. The van der Waals surface area contributed by atoms with E-state index in [1.165, 1.54) is 24.3 Å². The number of anilines is 1. The first kappa shape index (κ1) is 26.4. The van der Waals surface area contributed by atoms with Gasteiger partial charge in [0.05, 0.1) is 21.7 Å². The number of carbonyl (C=O) groups excluding carboxylic acids is 1. The number of aryl methyl sites for hydroxylation is 1. The van der Waals surface area contributed by atoms with Gasteiger partial charge < -0.3 is 10.1 Å². The van der Waals surface area contributed by atoms with Gasteiger partial charge in [-0.15, -0.1) is 10.2 Å². The number of amides is 1. The molecule has 37 heavy (non-hydrogen) atoms. The van der Waals surface area contributed by atoms with Crippen molar-refractivity contribution in [3.05, 3.63) is 82.3 Å². The van der Waals surface area contributed by atoms with Crippen molar-refractivity contribution in [3.63, 3.8) is 0 Å². The van der Waals surface area contributed by atoms with Crippen LogP contribution in [0.5, 0.6) is 5.88 Å². The van der Waals surface area contributed by atoms with Gasteiger partial charge in [-0.1, -0.05) is 39.7 Å². The summed E-state index contributed by atoms with van der Waals surface area (Å²) >= 11 is 3.29. The highest BCUT2D eigenvalue weighted by Crippen LogP contribution is 2.37. The summed E-state index contributed by atoms with van der Waals surface area (Å²) in [7, 11) is -4.47. The number of halogens is 4. The quantitative estimate of drug-likeness (QED) is 0.249. The smallest absolute Gasteiger partial charge is 0.416 e. The molecular formula is C24H18BrF3N4O4S. The number of nitrogens with one attached hydrogen (secondary N) is 1. The molecule has 13 heteroatoms. The van der Waals surface area contributed by atoms with E-state index in [1.54, 1.807) is 25.1 Å². The molecule has 1 heterocycles. The number of aromatic hydroxyl groups is 1. The number of rotatable bonds is 6. The molecule has 0 bridgehead atoms. The zero-order valence-electron chi connectivity index (χ0n) is 19.0. The molecule has 4 rings (SSSR count). The van der Waals surface area contributed by atoms with Gasteiger partial charge in [-0.25, -0.2) is 8.42 Å². The van der Waals surface area contributed by atoms with Gasteiger partial charge in [-0.05, 0) is 55.5 Å². The summed E-state index contributed by atoms with van der Waals surface area (Å²) in [5, 5.41) is 17.9. The summed E-state index contributed by atoms with van der Waals surface area (Å²) in [6.07, 6.45) is -4.74. The van der Waals surface area contributed by atoms with Crippen molar-refractivity contribution in [2.45, 2.75) is 18.0 Å². The van der Waals surface area contributed by atoms with Crippen LogP contribution in [-0.4, -0.2) is 31.0 Å². The Bertz CT molecular complexity index is 1620. The Hall–Kier alpha value is -3.71. The van der Waals surface area contributed by atoms with Crippen LogP contribution in [0.4, 0.5) is 24.5 Å². The minimum Gasteiger partial charge on any atom is -0.493 e.